The number of hydrogen-bond donors (Lipinski definition) is 0. The second-order valence-electron chi connectivity index (χ2n) is 7.55. The average Bonchev–Trinajstić information content (AvgIpc) is 2.64. The molecule has 3 aromatic carbocycles. The van der Waals surface area contributed by atoms with Crippen LogP contribution in [-0.2, 0) is 12.8 Å². The van der Waals surface area contributed by atoms with Crippen LogP contribution < -0.4 is 4.90 Å². The first-order chi connectivity index (χ1) is 12.7. The highest BCUT2D eigenvalue weighted by Crippen LogP contribution is 2.44. The second kappa shape index (κ2) is 6.99. The summed E-state index contributed by atoms with van der Waals surface area (Å²) in [7, 11) is 0. The minimum Gasteiger partial charge on any atom is -0.310 e. The largest absolute Gasteiger partial charge is 0.310 e. The van der Waals surface area contributed by atoms with E-state index in [1.807, 2.05) is 0 Å². The molecule has 0 bridgehead atoms. The fourth-order valence-electron chi connectivity index (χ4n) is 3.95. The van der Waals surface area contributed by atoms with E-state index in [0.29, 0.717) is 0 Å². The standard InChI is InChI=1S/C25H27N/c1-4-5-6-20-9-11-23(12-10-20)26-24-13-7-18(2)15-21(24)17-22-16-19(3)8-14-25(22)26/h7-16H,4-6,17H2,1-3H3. The Bertz CT molecular complexity index is 870. The minimum absolute atomic E-state index is 1.01. The minimum atomic E-state index is 1.01. The van der Waals surface area contributed by atoms with Gasteiger partial charge in [-0.2, -0.15) is 0 Å². The van der Waals surface area contributed by atoms with Crippen molar-refractivity contribution in [3.63, 3.8) is 0 Å². The summed E-state index contributed by atoms with van der Waals surface area (Å²) < 4.78 is 0. The molecule has 0 saturated heterocycles. The summed E-state index contributed by atoms with van der Waals surface area (Å²) in [6.45, 7) is 6.61. The van der Waals surface area contributed by atoms with Gasteiger partial charge in [0.25, 0.3) is 0 Å². The molecule has 1 heterocycles. The molecule has 1 heteroatoms. The Morgan fingerprint density at radius 2 is 1.35 bits per heavy atom. The lowest BCUT2D eigenvalue weighted by Gasteiger charge is -2.34. The Morgan fingerprint density at radius 3 is 1.88 bits per heavy atom. The van der Waals surface area contributed by atoms with Crippen molar-refractivity contribution in [2.45, 2.75) is 46.5 Å². The molecule has 1 nitrogen and oxygen atoms in total. The highest BCUT2D eigenvalue weighted by atomic mass is 15.2. The molecule has 1 aliphatic rings. The van der Waals surface area contributed by atoms with Crippen molar-refractivity contribution in [1.82, 2.24) is 0 Å². The molecular formula is C25H27N. The van der Waals surface area contributed by atoms with Gasteiger partial charge in [-0.1, -0.05) is 60.9 Å². The number of anilines is 3. The van der Waals surface area contributed by atoms with Gasteiger partial charge in [-0.25, -0.2) is 0 Å². The summed E-state index contributed by atoms with van der Waals surface area (Å²) >= 11 is 0. The van der Waals surface area contributed by atoms with E-state index in [0.717, 1.165) is 6.42 Å². The maximum absolute atomic E-state index is 2.43. The van der Waals surface area contributed by atoms with E-state index in [1.165, 1.54) is 64.1 Å². The zero-order valence-corrected chi connectivity index (χ0v) is 16.0. The number of benzene rings is 3. The van der Waals surface area contributed by atoms with Crippen LogP contribution in [0.4, 0.5) is 17.1 Å². The first-order valence-corrected chi connectivity index (χ1v) is 9.74. The molecule has 0 N–H and O–H groups in total. The summed E-state index contributed by atoms with van der Waals surface area (Å²) in [6.07, 6.45) is 4.68. The summed E-state index contributed by atoms with van der Waals surface area (Å²) in [5.74, 6) is 0. The Morgan fingerprint density at radius 1 is 0.769 bits per heavy atom. The van der Waals surface area contributed by atoms with Gasteiger partial charge in [0, 0.05) is 23.5 Å². The van der Waals surface area contributed by atoms with Gasteiger partial charge in [0.05, 0.1) is 0 Å². The molecular weight excluding hydrogens is 314 g/mol. The quantitative estimate of drug-likeness (QED) is 0.385. The maximum atomic E-state index is 2.43. The molecule has 0 aromatic heterocycles. The number of nitrogens with zero attached hydrogens (tertiary/aromatic N) is 1. The van der Waals surface area contributed by atoms with Gasteiger partial charge < -0.3 is 4.90 Å². The molecule has 0 atom stereocenters. The third kappa shape index (κ3) is 3.14. The van der Waals surface area contributed by atoms with E-state index in [2.05, 4.69) is 86.3 Å². The van der Waals surface area contributed by atoms with Crippen molar-refractivity contribution in [1.29, 1.82) is 0 Å². The predicted octanol–water partition coefficient (Wildman–Crippen LogP) is 7.02. The topological polar surface area (TPSA) is 3.24 Å². The molecule has 0 saturated carbocycles. The van der Waals surface area contributed by atoms with Crippen LogP contribution in [0, 0.1) is 13.8 Å². The van der Waals surface area contributed by atoms with Gasteiger partial charge in [0.1, 0.15) is 0 Å². The normalized spacial score (nSPS) is 12.7. The van der Waals surface area contributed by atoms with Crippen LogP contribution in [0.25, 0.3) is 0 Å². The number of hydrogen-bond acceptors (Lipinski definition) is 1. The number of fused-ring (bicyclic) bond motifs is 2. The van der Waals surface area contributed by atoms with Gasteiger partial charge in [0.15, 0.2) is 0 Å². The lowest BCUT2D eigenvalue weighted by atomic mass is 9.92. The van der Waals surface area contributed by atoms with Crippen LogP contribution in [0.5, 0.6) is 0 Å². The van der Waals surface area contributed by atoms with E-state index < -0.39 is 0 Å². The number of aryl methyl sites for hydroxylation is 3. The van der Waals surface area contributed by atoms with Gasteiger partial charge in [-0.3, -0.25) is 0 Å². The number of rotatable bonds is 4. The van der Waals surface area contributed by atoms with E-state index in [9.17, 15) is 0 Å². The van der Waals surface area contributed by atoms with Crippen LogP contribution in [0.3, 0.4) is 0 Å². The smallest absolute Gasteiger partial charge is 0.0497 e. The fourth-order valence-corrected chi connectivity index (χ4v) is 3.95. The molecule has 0 spiro atoms. The lowest BCUT2D eigenvalue weighted by Crippen LogP contribution is -2.18. The Hall–Kier alpha value is -2.54. The zero-order valence-electron chi connectivity index (χ0n) is 16.0. The van der Waals surface area contributed by atoms with Crippen LogP contribution in [0.15, 0.2) is 60.7 Å². The summed E-state index contributed by atoms with van der Waals surface area (Å²) in [5.41, 5.74) is 10.8. The molecule has 0 amide bonds. The molecule has 0 unspecified atom stereocenters. The average molecular weight is 341 g/mol. The third-order valence-electron chi connectivity index (χ3n) is 5.35. The predicted molar refractivity (Wildman–Crippen MR) is 112 cm³/mol. The molecule has 26 heavy (non-hydrogen) atoms. The lowest BCUT2D eigenvalue weighted by molar-refractivity contribution is 0.795. The van der Waals surface area contributed by atoms with Crippen molar-refractivity contribution in [3.8, 4) is 0 Å². The summed E-state index contributed by atoms with van der Waals surface area (Å²) in [4.78, 5) is 2.43. The van der Waals surface area contributed by atoms with E-state index in [-0.39, 0.29) is 0 Å². The molecule has 3 aromatic rings. The van der Waals surface area contributed by atoms with Crippen molar-refractivity contribution in [2.75, 3.05) is 4.90 Å². The van der Waals surface area contributed by atoms with Crippen LogP contribution in [-0.4, -0.2) is 0 Å². The first-order valence-electron chi connectivity index (χ1n) is 9.74. The van der Waals surface area contributed by atoms with Crippen LogP contribution in [0.1, 0.15) is 47.6 Å². The van der Waals surface area contributed by atoms with E-state index in [4.69, 9.17) is 0 Å². The van der Waals surface area contributed by atoms with Gasteiger partial charge >= 0.3 is 0 Å². The first kappa shape index (κ1) is 16.9. The monoisotopic (exact) mass is 341 g/mol. The Kier molecular flexibility index (Phi) is 4.55. The second-order valence-corrected chi connectivity index (χ2v) is 7.55. The number of unbranched alkanes of at least 4 members (excludes halogenated alkanes) is 1. The van der Waals surface area contributed by atoms with E-state index in [1.54, 1.807) is 0 Å². The molecule has 132 valence electrons. The Balaban J connectivity index is 1.80. The highest BCUT2D eigenvalue weighted by molar-refractivity contribution is 5.83. The molecule has 0 radical (unpaired) electrons. The molecule has 0 fully saturated rings. The van der Waals surface area contributed by atoms with Gasteiger partial charge in [0.2, 0.25) is 0 Å². The third-order valence-corrected chi connectivity index (χ3v) is 5.35. The van der Waals surface area contributed by atoms with Crippen molar-refractivity contribution in [3.05, 3.63) is 88.5 Å². The molecule has 4 rings (SSSR count). The molecule has 1 aliphatic heterocycles. The van der Waals surface area contributed by atoms with E-state index >= 15 is 0 Å². The molecule has 0 aliphatic carbocycles. The van der Waals surface area contributed by atoms with Gasteiger partial charge in [-0.15, -0.1) is 0 Å². The maximum Gasteiger partial charge on any atom is 0.0497 e. The highest BCUT2D eigenvalue weighted by Gasteiger charge is 2.24. The van der Waals surface area contributed by atoms with Crippen LogP contribution >= 0.6 is 0 Å². The fraction of sp³-hybridized carbons (Fsp3) is 0.280. The van der Waals surface area contributed by atoms with Gasteiger partial charge in [-0.05, 0) is 67.6 Å². The van der Waals surface area contributed by atoms with Crippen molar-refractivity contribution >= 4 is 17.1 Å². The Labute approximate surface area is 157 Å². The van der Waals surface area contributed by atoms with Crippen LogP contribution in [0.2, 0.25) is 0 Å². The SMILES string of the molecule is CCCCc1ccc(N2c3ccc(C)cc3Cc3cc(C)ccc32)cc1. The summed E-state index contributed by atoms with van der Waals surface area (Å²) in [6, 6.07) is 22.8. The summed E-state index contributed by atoms with van der Waals surface area (Å²) in [5, 5.41) is 0. The van der Waals surface area contributed by atoms with Crippen molar-refractivity contribution < 1.29 is 0 Å². The van der Waals surface area contributed by atoms with Crippen molar-refractivity contribution in [2.24, 2.45) is 0 Å². The zero-order chi connectivity index (χ0) is 18.1.